The molecule has 0 radical (unpaired) electrons. The molecule has 0 amide bonds. The van der Waals surface area contributed by atoms with Gasteiger partial charge in [-0.1, -0.05) is 60.7 Å². The van der Waals surface area contributed by atoms with E-state index < -0.39 is 0 Å². The molecule has 1 aliphatic rings. The maximum atomic E-state index is 5.51. The number of ether oxygens (including phenoxy) is 1. The van der Waals surface area contributed by atoms with Crippen molar-refractivity contribution < 1.29 is 4.74 Å². The SMILES string of the molecule is C/C(=N/NC(=S)NCc1ccccc1)[C@@H](c1ccccc1)N1CCOCC1. The summed E-state index contributed by atoms with van der Waals surface area (Å²) in [4.78, 5) is 2.40. The Bertz CT molecular complexity index is 745. The zero-order valence-electron chi connectivity index (χ0n) is 15.6. The van der Waals surface area contributed by atoms with E-state index in [-0.39, 0.29) is 6.04 Å². The van der Waals surface area contributed by atoms with Crippen LogP contribution in [0.2, 0.25) is 0 Å². The van der Waals surface area contributed by atoms with Gasteiger partial charge >= 0.3 is 0 Å². The van der Waals surface area contributed by atoms with E-state index in [9.17, 15) is 0 Å². The third-order valence-electron chi connectivity index (χ3n) is 4.55. The van der Waals surface area contributed by atoms with Gasteiger partial charge in [0.2, 0.25) is 0 Å². The molecule has 0 unspecified atom stereocenters. The van der Waals surface area contributed by atoms with Crippen LogP contribution >= 0.6 is 12.2 Å². The molecule has 142 valence electrons. The number of nitrogens with one attached hydrogen (secondary N) is 2. The Morgan fingerprint density at radius 3 is 2.37 bits per heavy atom. The number of hydrazone groups is 1. The summed E-state index contributed by atoms with van der Waals surface area (Å²) >= 11 is 5.37. The van der Waals surface area contributed by atoms with Crippen molar-refractivity contribution in [3.63, 3.8) is 0 Å². The molecule has 1 fully saturated rings. The first-order chi connectivity index (χ1) is 13.2. The van der Waals surface area contributed by atoms with Crippen molar-refractivity contribution in [2.24, 2.45) is 5.10 Å². The van der Waals surface area contributed by atoms with Crippen molar-refractivity contribution in [1.82, 2.24) is 15.6 Å². The molecule has 0 bridgehead atoms. The number of rotatable bonds is 6. The van der Waals surface area contributed by atoms with Gasteiger partial charge in [-0.25, -0.2) is 0 Å². The molecule has 0 aliphatic carbocycles. The summed E-state index contributed by atoms with van der Waals surface area (Å²) in [5, 5.41) is 8.28. The minimum absolute atomic E-state index is 0.111. The number of nitrogens with zero attached hydrogens (tertiary/aromatic N) is 2. The van der Waals surface area contributed by atoms with E-state index in [4.69, 9.17) is 17.0 Å². The van der Waals surface area contributed by atoms with Crippen LogP contribution in [0, 0.1) is 0 Å². The van der Waals surface area contributed by atoms with Crippen LogP contribution in [0.1, 0.15) is 24.1 Å². The van der Waals surface area contributed by atoms with E-state index in [1.54, 1.807) is 0 Å². The van der Waals surface area contributed by atoms with Crippen molar-refractivity contribution >= 4 is 23.0 Å². The van der Waals surface area contributed by atoms with E-state index in [2.05, 4.69) is 57.1 Å². The van der Waals surface area contributed by atoms with Gasteiger partial charge in [0.15, 0.2) is 5.11 Å². The molecular weight excluding hydrogens is 356 g/mol. The molecule has 0 spiro atoms. The Hall–Kier alpha value is -2.28. The molecule has 0 saturated carbocycles. The van der Waals surface area contributed by atoms with Crippen molar-refractivity contribution in [2.75, 3.05) is 26.3 Å². The first-order valence-electron chi connectivity index (χ1n) is 9.23. The van der Waals surface area contributed by atoms with Gasteiger partial charge in [0.05, 0.1) is 25.0 Å². The Balaban J connectivity index is 1.63. The van der Waals surface area contributed by atoms with Gasteiger partial charge in [0.1, 0.15) is 0 Å². The first-order valence-corrected chi connectivity index (χ1v) is 9.63. The van der Waals surface area contributed by atoms with Crippen LogP contribution in [0.3, 0.4) is 0 Å². The van der Waals surface area contributed by atoms with Gasteiger partial charge in [0, 0.05) is 19.6 Å². The smallest absolute Gasteiger partial charge is 0.187 e. The zero-order valence-corrected chi connectivity index (χ0v) is 16.4. The standard InChI is InChI=1S/C21H26N4OS/c1-17(23-24-21(27)22-16-18-8-4-2-5-9-18)20(19-10-6-3-7-11-19)25-12-14-26-15-13-25/h2-11,20H,12-16H2,1H3,(H2,22,24,27)/b23-17-/t20-/m0/s1. The summed E-state index contributed by atoms with van der Waals surface area (Å²) in [7, 11) is 0. The summed E-state index contributed by atoms with van der Waals surface area (Å²) < 4.78 is 5.51. The predicted molar refractivity (Wildman–Crippen MR) is 114 cm³/mol. The molecule has 2 aromatic rings. The topological polar surface area (TPSA) is 48.9 Å². The fourth-order valence-electron chi connectivity index (χ4n) is 3.21. The van der Waals surface area contributed by atoms with E-state index in [1.807, 2.05) is 31.2 Å². The second kappa shape index (κ2) is 10.2. The van der Waals surface area contributed by atoms with Crippen LogP contribution in [-0.2, 0) is 11.3 Å². The normalized spacial score (nSPS) is 16.6. The van der Waals surface area contributed by atoms with Gasteiger partial charge < -0.3 is 10.1 Å². The summed E-state index contributed by atoms with van der Waals surface area (Å²) in [5.41, 5.74) is 6.38. The number of benzene rings is 2. The number of hydrogen-bond donors (Lipinski definition) is 2. The molecular formula is C21H26N4OS. The van der Waals surface area contributed by atoms with Gasteiger partial charge in [-0.3, -0.25) is 10.3 Å². The average Bonchev–Trinajstić information content (AvgIpc) is 2.73. The average molecular weight is 383 g/mol. The van der Waals surface area contributed by atoms with Crippen LogP contribution in [0.25, 0.3) is 0 Å². The molecule has 1 atom stereocenters. The van der Waals surface area contributed by atoms with Crippen LogP contribution in [0.5, 0.6) is 0 Å². The van der Waals surface area contributed by atoms with E-state index in [1.165, 1.54) is 11.1 Å². The van der Waals surface area contributed by atoms with Gasteiger partial charge in [-0.2, -0.15) is 5.10 Å². The zero-order chi connectivity index (χ0) is 18.9. The maximum absolute atomic E-state index is 5.51. The number of hydrogen-bond acceptors (Lipinski definition) is 4. The third-order valence-corrected chi connectivity index (χ3v) is 4.79. The summed E-state index contributed by atoms with van der Waals surface area (Å²) in [5.74, 6) is 0. The van der Waals surface area contributed by atoms with Crippen molar-refractivity contribution in [1.29, 1.82) is 0 Å². The Morgan fingerprint density at radius 2 is 1.70 bits per heavy atom. The lowest BCUT2D eigenvalue weighted by Gasteiger charge is -2.34. The summed E-state index contributed by atoms with van der Waals surface area (Å²) in [6.07, 6.45) is 0. The second-order valence-electron chi connectivity index (χ2n) is 6.49. The Kier molecular flexibility index (Phi) is 7.33. The highest BCUT2D eigenvalue weighted by Gasteiger charge is 2.25. The van der Waals surface area contributed by atoms with Gasteiger partial charge in [0.25, 0.3) is 0 Å². The molecule has 2 N–H and O–H groups in total. The first kappa shape index (κ1) is 19.5. The lowest BCUT2D eigenvalue weighted by molar-refractivity contribution is 0.0285. The monoisotopic (exact) mass is 382 g/mol. The largest absolute Gasteiger partial charge is 0.379 e. The molecule has 5 nitrogen and oxygen atoms in total. The quantitative estimate of drug-likeness (QED) is 0.457. The van der Waals surface area contributed by atoms with Crippen molar-refractivity contribution in [2.45, 2.75) is 19.5 Å². The molecule has 1 saturated heterocycles. The minimum Gasteiger partial charge on any atom is -0.379 e. The van der Waals surface area contributed by atoms with Gasteiger partial charge in [-0.05, 0) is 30.3 Å². The van der Waals surface area contributed by atoms with E-state index >= 15 is 0 Å². The van der Waals surface area contributed by atoms with Crippen LogP contribution in [0.15, 0.2) is 65.8 Å². The molecule has 6 heteroatoms. The van der Waals surface area contributed by atoms with Crippen LogP contribution < -0.4 is 10.7 Å². The molecule has 2 aromatic carbocycles. The fourth-order valence-corrected chi connectivity index (χ4v) is 3.32. The second-order valence-corrected chi connectivity index (χ2v) is 6.90. The highest BCUT2D eigenvalue weighted by molar-refractivity contribution is 7.80. The van der Waals surface area contributed by atoms with E-state index in [0.717, 1.165) is 32.0 Å². The number of morpholine rings is 1. The Labute approximate surface area is 166 Å². The number of thiocarbonyl (C=S) groups is 1. The van der Waals surface area contributed by atoms with Crippen molar-refractivity contribution in [3.05, 3.63) is 71.8 Å². The fraction of sp³-hybridized carbons (Fsp3) is 0.333. The highest BCUT2D eigenvalue weighted by atomic mass is 32.1. The molecule has 1 heterocycles. The lowest BCUT2D eigenvalue weighted by Crippen LogP contribution is -2.42. The van der Waals surface area contributed by atoms with Crippen LogP contribution in [-0.4, -0.2) is 42.0 Å². The predicted octanol–water partition coefficient (Wildman–Crippen LogP) is 3.10. The van der Waals surface area contributed by atoms with Crippen molar-refractivity contribution in [3.8, 4) is 0 Å². The summed E-state index contributed by atoms with van der Waals surface area (Å²) in [6.45, 7) is 6.00. The molecule has 27 heavy (non-hydrogen) atoms. The maximum Gasteiger partial charge on any atom is 0.187 e. The molecule has 0 aromatic heterocycles. The van der Waals surface area contributed by atoms with Gasteiger partial charge in [-0.15, -0.1) is 0 Å². The third kappa shape index (κ3) is 5.85. The van der Waals surface area contributed by atoms with Crippen LogP contribution in [0.4, 0.5) is 0 Å². The summed E-state index contributed by atoms with van der Waals surface area (Å²) in [6, 6.07) is 20.7. The molecule has 1 aliphatic heterocycles. The highest BCUT2D eigenvalue weighted by Crippen LogP contribution is 2.23. The molecule has 3 rings (SSSR count). The Morgan fingerprint density at radius 1 is 1.07 bits per heavy atom. The lowest BCUT2D eigenvalue weighted by atomic mass is 10.0. The minimum atomic E-state index is 0.111. The van der Waals surface area contributed by atoms with E-state index in [0.29, 0.717) is 11.7 Å².